The Labute approximate surface area is 265 Å². The number of carbonyl (C=O) groups excluding carboxylic acids is 1. The molecule has 0 saturated carbocycles. The summed E-state index contributed by atoms with van der Waals surface area (Å²) in [5.41, 5.74) is 5.99. The van der Waals surface area contributed by atoms with E-state index in [0.29, 0.717) is 45.0 Å². The number of anilines is 2. The maximum absolute atomic E-state index is 14.1. The van der Waals surface area contributed by atoms with Gasteiger partial charge in [-0.25, -0.2) is 4.68 Å². The maximum Gasteiger partial charge on any atom is 0.255 e. The summed E-state index contributed by atoms with van der Waals surface area (Å²) in [4.78, 5) is 18.8. The summed E-state index contributed by atoms with van der Waals surface area (Å²) >= 11 is 5.34. The number of unbranched alkanes of at least 4 members (excludes halogenated alkanes) is 1. The summed E-state index contributed by atoms with van der Waals surface area (Å²) in [5, 5.41) is 12.0. The molecule has 224 valence electrons. The van der Waals surface area contributed by atoms with Crippen LogP contribution in [0, 0.1) is 13.8 Å². The number of thioether (sulfide) groups is 1. The number of halogens is 1. The molecule has 2 N–H and O–H groups in total. The number of amides is 1. The van der Waals surface area contributed by atoms with E-state index in [1.165, 1.54) is 0 Å². The summed E-state index contributed by atoms with van der Waals surface area (Å²) in [5.74, 6) is 2.42. The normalized spacial score (nSPS) is 14.2. The minimum Gasteiger partial charge on any atom is -0.493 e. The van der Waals surface area contributed by atoms with Crippen LogP contribution in [-0.4, -0.2) is 33.5 Å². The van der Waals surface area contributed by atoms with Crippen molar-refractivity contribution in [3.8, 4) is 11.5 Å². The zero-order valence-electron chi connectivity index (χ0n) is 25.0. The average molecular weight is 663 g/mol. The van der Waals surface area contributed by atoms with Crippen LogP contribution in [0.15, 0.2) is 81.6 Å². The quantitative estimate of drug-likeness (QED) is 0.124. The number of allylic oxidation sites excluding steroid dienone is 1. The van der Waals surface area contributed by atoms with Crippen molar-refractivity contribution in [2.24, 2.45) is 0 Å². The predicted octanol–water partition coefficient (Wildman–Crippen LogP) is 8.06. The van der Waals surface area contributed by atoms with Gasteiger partial charge in [-0.3, -0.25) is 4.79 Å². The lowest BCUT2D eigenvalue weighted by molar-refractivity contribution is -0.113. The Morgan fingerprint density at radius 1 is 1.12 bits per heavy atom. The van der Waals surface area contributed by atoms with Crippen LogP contribution < -0.4 is 20.1 Å². The van der Waals surface area contributed by atoms with Crippen LogP contribution >= 0.6 is 27.7 Å². The van der Waals surface area contributed by atoms with E-state index in [9.17, 15) is 4.79 Å². The van der Waals surface area contributed by atoms with Crippen LogP contribution in [0.3, 0.4) is 0 Å². The first-order valence-corrected chi connectivity index (χ1v) is 16.1. The highest BCUT2D eigenvalue weighted by atomic mass is 79.9. The van der Waals surface area contributed by atoms with Gasteiger partial charge < -0.3 is 20.1 Å². The standard InChI is InChI=1S/C33H36BrN5O3S/c1-6-7-16-43-33-37-32-35-22(4)28(31(40)36-26-15-11-12-20(2)21(26)3)29(39(32)38-33)24-17-25(34)30(27(18-24)41-5)42-19-23-13-9-8-10-14-23/h8-15,17-18,29H,6-7,16,19H2,1-5H3,(H,36,40)(H,35,37,38). The van der Waals surface area contributed by atoms with Gasteiger partial charge in [0.1, 0.15) is 12.6 Å². The van der Waals surface area contributed by atoms with E-state index in [1.54, 1.807) is 23.6 Å². The molecule has 1 aromatic heterocycles. The first-order chi connectivity index (χ1) is 20.8. The molecule has 3 aromatic carbocycles. The lowest BCUT2D eigenvalue weighted by Gasteiger charge is -2.29. The number of ether oxygens (including phenoxy) is 2. The third-order valence-corrected chi connectivity index (χ3v) is 8.97. The number of aromatic nitrogens is 3. The highest BCUT2D eigenvalue weighted by Gasteiger charge is 2.35. The molecule has 1 atom stereocenters. The Balaban J connectivity index is 1.56. The van der Waals surface area contributed by atoms with Crippen molar-refractivity contribution in [2.75, 3.05) is 23.5 Å². The van der Waals surface area contributed by atoms with Gasteiger partial charge in [-0.1, -0.05) is 67.6 Å². The molecular formula is C33H36BrN5O3S. The first-order valence-electron chi connectivity index (χ1n) is 14.3. The molecule has 0 radical (unpaired) electrons. The molecule has 1 amide bonds. The number of benzene rings is 3. The van der Waals surface area contributed by atoms with Crippen molar-refractivity contribution in [3.05, 3.63) is 98.7 Å². The van der Waals surface area contributed by atoms with E-state index in [1.807, 2.05) is 81.4 Å². The van der Waals surface area contributed by atoms with E-state index < -0.39 is 6.04 Å². The van der Waals surface area contributed by atoms with E-state index >= 15 is 0 Å². The zero-order valence-corrected chi connectivity index (χ0v) is 27.4. The number of nitrogens with one attached hydrogen (secondary N) is 2. The Morgan fingerprint density at radius 3 is 2.65 bits per heavy atom. The summed E-state index contributed by atoms with van der Waals surface area (Å²) in [6, 6.07) is 19.2. The Hall–Kier alpha value is -3.76. The average Bonchev–Trinajstić information content (AvgIpc) is 3.40. The lowest BCUT2D eigenvalue weighted by Crippen LogP contribution is -2.31. The zero-order chi connectivity index (χ0) is 30.5. The number of hydrogen-bond acceptors (Lipinski definition) is 7. The van der Waals surface area contributed by atoms with Crippen molar-refractivity contribution in [1.29, 1.82) is 0 Å². The molecule has 8 nitrogen and oxygen atoms in total. The number of rotatable bonds is 11. The van der Waals surface area contributed by atoms with Gasteiger partial charge in [0.15, 0.2) is 11.5 Å². The van der Waals surface area contributed by atoms with Gasteiger partial charge in [0.05, 0.1) is 17.2 Å². The van der Waals surface area contributed by atoms with E-state index in [-0.39, 0.29) is 5.91 Å². The monoisotopic (exact) mass is 661 g/mol. The fourth-order valence-corrected chi connectivity index (χ4v) is 6.43. The second-order valence-corrected chi connectivity index (χ2v) is 12.4. The van der Waals surface area contributed by atoms with Crippen molar-refractivity contribution < 1.29 is 14.3 Å². The number of aryl methyl sites for hydroxylation is 1. The number of hydrogen-bond donors (Lipinski definition) is 2. The third kappa shape index (κ3) is 6.75. The third-order valence-electron chi connectivity index (χ3n) is 7.45. The second-order valence-electron chi connectivity index (χ2n) is 10.4. The molecule has 0 aliphatic carbocycles. The summed E-state index contributed by atoms with van der Waals surface area (Å²) in [7, 11) is 1.61. The molecule has 4 aromatic rings. The van der Waals surface area contributed by atoms with Crippen LogP contribution in [0.5, 0.6) is 11.5 Å². The van der Waals surface area contributed by atoms with Crippen molar-refractivity contribution in [1.82, 2.24) is 14.8 Å². The minimum atomic E-state index is -0.567. The van der Waals surface area contributed by atoms with Crippen molar-refractivity contribution in [3.63, 3.8) is 0 Å². The number of carbonyl (C=O) groups is 1. The number of methoxy groups -OCH3 is 1. The lowest BCUT2D eigenvalue weighted by atomic mass is 9.94. The molecule has 43 heavy (non-hydrogen) atoms. The molecule has 0 bridgehead atoms. The number of nitrogens with zero attached hydrogens (tertiary/aromatic N) is 3. The molecular weight excluding hydrogens is 626 g/mol. The summed E-state index contributed by atoms with van der Waals surface area (Å²) in [6.45, 7) is 8.49. The molecule has 1 aliphatic heterocycles. The van der Waals surface area contributed by atoms with Crippen LogP contribution in [0.25, 0.3) is 0 Å². The summed E-state index contributed by atoms with van der Waals surface area (Å²) < 4.78 is 14.5. The van der Waals surface area contributed by atoms with Gasteiger partial charge in [0, 0.05) is 17.1 Å². The largest absolute Gasteiger partial charge is 0.493 e. The van der Waals surface area contributed by atoms with Crippen molar-refractivity contribution >= 4 is 45.2 Å². The fourth-order valence-electron chi connectivity index (χ4n) is 4.95. The van der Waals surface area contributed by atoms with Gasteiger partial charge in [-0.05, 0) is 83.6 Å². The molecule has 0 fully saturated rings. The molecule has 10 heteroatoms. The van der Waals surface area contributed by atoms with Crippen LogP contribution in [0.2, 0.25) is 0 Å². The second kappa shape index (κ2) is 13.7. The molecule has 0 saturated heterocycles. The van der Waals surface area contributed by atoms with Crippen LogP contribution in [-0.2, 0) is 11.4 Å². The highest BCUT2D eigenvalue weighted by Crippen LogP contribution is 2.43. The predicted molar refractivity (Wildman–Crippen MR) is 176 cm³/mol. The van der Waals surface area contributed by atoms with Crippen LogP contribution in [0.1, 0.15) is 55.0 Å². The van der Waals surface area contributed by atoms with Gasteiger partial charge in [-0.2, -0.15) is 4.98 Å². The first kappa shape index (κ1) is 30.7. The SMILES string of the molecule is CCCCSc1nc2n(n1)C(c1cc(Br)c(OCc3ccccc3)c(OC)c1)C(C(=O)Nc1cccc(C)c1C)=C(C)N2. The van der Waals surface area contributed by atoms with E-state index in [4.69, 9.17) is 19.6 Å². The fraction of sp³-hybridized carbons (Fsp3) is 0.303. The molecule has 5 rings (SSSR count). The van der Waals surface area contributed by atoms with Gasteiger partial charge in [-0.15, -0.1) is 5.10 Å². The van der Waals surface area contributed by atoms with E-state index in [2.05, 4.69) is 33.5 Å². The highest BCUT2D eigenvalue weighted by molar-refractivity contribution is 9.10. The van der Waals surface area contributed by atoms with E-state index in [0.717, 1.165) is 46.5 Å². The topological polar surface area (TPSA) is 90.3 Å². The maximum atomic E-state index is 14.1. The van der Waals surface area contributed by atoms with Crippen molar-refractivity contribution in [2.45, 2.75) is 58.3 Å². The Bertz CT molecular complexity index is 1650. The molecule has 1 aliphatic rings. The number of fused-ring (bicyclic) bond motifs is 1. The molecule has 1 unspecified atom stereocenters. The Morgan fingerprint density at radius 2 is 1.91 bits per heavy atom. The Kier molecular flexibility index (Phi) is 9.77. The van der Waals surface area contributed by atoms with Gasteiger partial charge in [0.25, 0.3) is 5.91 Å². The minimum absolute atomic E-state index is 0.218. The smallest absolute Gasteiger partial charge is 0.255 e. The van der Waals surface area contributed by atoms with Gasteiger partial charge >= 0.3 is 0 Å². The van der Waals surface area contributed by atoms with Crippen LogP contribution in [0.4, 0.5) is 11.6 Å². The van der Waals surface area contributed by atoms with Gasteiger partial charge in [0.2, 0.25) is 11.1 Å². The molecule has 0 spiro atoms. The summed E-state index contributed by atoms with van der Waals surface area (Å²) in [6.07, 6.45) is 2.16. The molecule has 2 heterocycles.